The minimum Gasteiger partial charge on any atom is -0.493 e. The van der Waals surface area contributed by atoms with Crippen LogP contribution < -0.4 is 20.1 Å². The number of hydrogen-bond acceptors (Lipinski definition) is 4. The van der Waals surface area contributed by atoms with Crippen molar-refractivity contribution in [2.45, 2.75) is 39.0 Å². The van der Waals surface area contributed by atoms with Crippen LogP contribution >= 0.6 is 0 Å². The molecule has 162 valence electrons. The number of methoxy groups -OCH3 is 2. The van der Waals surface area contributed by atoms with Crippen LogP contribution in [0.1, 0.15) is 48.7 Å². The molecule has 2 amide bonds. The van der Waals surface area contributed by atoms with Crippen LogP contribution in [0.2, 0.25) is 0 Å². The minimum atomic E-state index is -0.143. The Kier molecular flexibility index (Phi) is 8.27. The second-order valence-electron chi connectivity index (χ2n) is 8.12. The lowest BCUT2D eigenvalue weighted by Crippen LogP contribution is -2.34. The number of hydrogen-bond donors (Lipinski definition) is 2. The average Bonchev–Trinajstić information content (AvgIpc) is 2.74. The van der Waals surface area contributed by atoms with Gasteiger partial charge < -0.3 is 20.1 Å². The number of amides is 2. The van der Waals surface area contributed by atoms with Gasteiger partial charge in [-0.25, -0.2) is 0 Å². The number of benzene rings is 2. The Labute approximate surface area is 179 Å². The van der Waals surface area contributed by atoms with Crippen molar-refractivity contribution in [3.05, 3.63) is 59.2 Å². The molecule has 6 nitrogen and oxygen atoms in total. The fourth-order valence-corrected chi connectivity index (χ4v) is 2.98. The quantitative estimate of drug-likeness (QED) is 0.618. The zero-order valence-corrected chi connectivity index (χ0v) is 18.5. The number of nitrogens with one attached hydrogen (secondary N) is 2. The van der Waals surface area contributed by atoms with E-state index in [1.807, 2.05) is 42.5 Å². The molecule has 0 saturated carbocycles. The molecule has 0 bridgehead atoms. The van der Waals surface area contributed by atoms with Gasteiger partial charge in [0, 0.05) is 25.1 Å². The molecule has 2 N–H and O–H groups in total. The van der Waals surface area contributed by atoms with Crippen molar-refractivity contribution in [1.29, 1.82) is 0 Å². The first kappa shape index (κ1) is 23.3. The number of ether oxygens (including phenoxy) is 2. The highest BCUT2D eigenvalue weighted by Crippen LogP contribution is 2.28. The Balaban J connectivity index is 1.71. The third-order valence-electron chi connectivity index (χ3n) is 4.83. The average molecular weight is 413 g/mol. The zero-order chi connectivity index (χ0) is 22.1. The number of rotatable bonds is 9. The van der Waals surface area contributed by atoms with E-state index in [9.17, 15) is 9.59 Å². The van der Waals surface area contributed by atoms with Gasteiger partial charge in [-0.3, -0.25) is 9.59 Å². The molecule has 0 heterocycles. The smallest absolute Gasteiger partial charge is 0.251 e. The van der Waals surface area contributed by atoms with Crippen molar-refractivity contribution in [2.24, 2.45) is 0 Å². The topological polar surface area (TPSA) is 76.7 Å². The van der Waals surface area contributed by atoms with Gasteiger partial charge in [-0.1, -0.05) is 39.0 Å². The predicted molar refractivity (Wildman–Crippen MR) is 118 cm³/mol. The molecule has 2 aromatic rings. The third kappa shape index (κ3) is 6.79. The van der Waals surface area contributed by atoms with Gasteiger partial charge in [-0.2, -0.15) is 0 Å². The van der Waals surface area contributed by atoms with Gasteiger partial charge in [0.2, 0.25) is 5.91 Å². The summed E-state index contributed by atoms with van der Waals surface area (Å²) in [6, 6.07) is 13.2. The van der Waals surface area contributed by atoms with Crippen LogP contribution in [-0.4, -0.2) is 39.1 Å². The molecule has 0 fully saturated rings. The lowest BCUT2D eigenvalue weighted by atomic mass is 9.87. The monoisotopic (exact) mass is 412 g/mol. The largest absolute Gasteiger partial charge is 0.493 e. The third-order valence-corrected chi connectivity index (χ3v) is 4.83. The number of carbonyl (C=O) groups excluding carboxylic acids is 2. The van der Waals surface area contributed by atoms with Crippen LogP contribution in [0, 0.1) is 0 Å². The highest BCUT2D eigenvalue weighted by Gasteiger charge is 2.14. The lowest BCUT2D eigenvalue weighted by molar-refractivity contribution is -0.121. The fourth-order valence-electron chi connectivity index (χ4n) is 2.98. The van der Waals surface area contributed by atoms with E-state index in [4.69, 9.17) is 9.47 Å². The van der Waals surface area contributed by atoms with Crippen molar-refractivity contribution in [3.63, 3.8) is 0 Å². The summed E-state index contributed by atoms with van der Waals surface area (Å²) in [5, 5.41) is 5.66. The molecule has 0 radical (unpaired) electrons. The van der Waals surface area contributed by atoms with Crippen molar-refractivity contribution in [1.82, 2.24) is 10.6 Å². The Morgan fingerprint density at radius 1 is 0.867 bits per heavy atom. The second-order valence-corrected chi connectivity index (χ2v) is 8.12. The SMILES string of the molecule is COc1ccc(CCC(=O)NCCNC(=O)c2ccc(C(C)(C)C)cc2)cc1OC. The molecule has 30 heavy (non-hydrogen) atoms. The molecule has 0 aromatic heterocycles. The maximum atomic E-state index is 12.2. The van der Waals surface area contributed by atoms with E-state index < -0.39 is 0 Å². The Hall–Kier alpha value is -3.02. The van der Waals surface area contributed by atoms with Crippen molar-refractivity contribution >= 4 is 11.8 Å². The van der Waals surface area contributed by atoms with Gasteiger partial charge >= 0.3 is 0 Å². The molecule has 0 aliphatic heterocycles. The molecule has 2 aromatic carbocycles. The van der Waals surface area contributed by atoms with Crippen LogP contribution in [0.3, 0.4) is 0 Å². The minimum absolute atomic E-state index is 0.0518. The first-order valence-electron chi connectivity index (χ1n) is 10.1. The second kappa shape index (κ2) is 10.7. The first-order valence-corrected chi connectivity index (χ1v) is 10.1. The van der Waals surface area contributed by atoms with E-state index in [0.29, 0.717) is 43.0 Å². The molecule has 0 aliphatic carbocycles. The van der Waals surface area contributed by atoms with E-state index in [2.05, 4.69) is 31.4 Å². The van der Waals surface area contributed by atoms with E-state index in [1.165, 1.54) is 5.56 Å². The van der Waals surface area contributed by atoms with Gasteiger partial charge in [-0.05, 0) is 47.2 Å². The molecular formula is C24H32N2O4. The molecule has 0 spiro atoms. The van der Waals surface area contributed by atoms with Gasteiger partial charge in [0.25, 0.3) is 5.91 Å². The summed E-state index contributed by atoms with van der Waals surface area (Å²) in [6.07, 6.45) is 0.955. The molecule has 0 atom stereocenters. The summed E-state index contributed by atoms with van der Waals surface area (Å²) in [6.45, 7) is 7.17. The highest BCUT2D eigenvalue weighted by molar-refractivity contribution is 5.94. The Morgan fingerprint density at radius 2 is 1.50 bits per heavy atom. The van der Waals surface area contributed by atoms with Crippen LogP contribution in [0.5, 0.6) is 11.5 Å². The fraction of sp³-hybridized carbons (Fsp3) is 0.417. The first-order chi connectivity index (χ1) is 14.2. The van der Waals surface area contributed by atoms with E-state index in [-0.39, 0.29) is 17.2 Å². The van der Waals surface area contributed by atoms with Gasteiger partial charge in [0.05, 0.1) is 14.2 Å². The summed E-state index contributed by atoms with van der Waals surface area (Å²) in [7, 11) is 3.17. The molecule has 6 heteroatoms. The maximum absolute atomic E-state index is 12.2. The van der Waals surface area contributed by atoms with E-state index in [0.717, 1.165) is 5.56 Å². The van der Waals surface area contributed by atoms with Crippen molar-refractivity contribution < 1.29 is 19.1 Å². The normalized spacial score (nSPS) is 11.0. The van der Waals surface area contributed by atoms with Crippen LogP contribution in [-0.2, 0) is 16.6 Å². The standard InChI is InChI=1S/C24H32N2O4/c1-24(2,3)19-10-8-18(9-11-19)23(28)26-15-14-25-22(27)13-7-17-6-12-20(29-4)21(16-17)30-5/h6,8-12,16H,7,13-15H2,1-5H3,(H,25,27)(H,26,28). The summed E-state index contributed by atoms with van der Waals surface area (Å²) in [4.78, 5) is 24.3. The highest BCUT2D eigenvalue weighted by atomic mass is 16.5. The van der Waals surface area contributed by atoms with E-state index >= 15 is 0 Å². The Morgan fingerprint density at radius 3 is 2.10 bits per heavy atom. The molecular weight excluding hydrogens is 380 g/mol. The van der Waals surface area contributed by atoms with Gasteiger partial charge in [0.1, 0.15) is 0 Å². The van der Waals surface area contributed by atoms with Crippen LogP contribution in [0.25, 0.3) is 0 Å². The maximum Gasteiger partial charge on any atom is 0.251 e. The summed E-state index contributed by atoms with van der Waals surface area (Å²) in [5.41, 5.74) is 2.84. The summed E-state index contributed by atoms with van der Waals surface area (Å²) in [5.74, 6) is 1.10. The number of aryl methyl sites for hydroxylation is 1. The molecule has 2 rings (SSSR count). The molecule has 0 saturated heterocycles. The van der Waals surface area contributed by atoms with Crippen LogP contribution in [0.15, 0.2) is 42.5 Å². The molecule has 0 unspecified atom stereocenters. The van der Waals surface area contributed by atoms with Crippen LogP contribution in [0.4, 0.5) is 0 Å². The van der Waals surface area contributed by atoms with E-state index in [1.54, 1.807) is 14.2 Å². The van der Waals surface area contributed by atoms with Gasteiger partial charge in [0.15, 0.2) is 11.5 Å². The summed E-state index contributed by atoms with van der Waals surface area (Å²) >= 11 is 0. The predicted octanol–water partition coefficient (Wildman–Crippen LogP) is 3.48. The molecule has 0 aliphatic rings. The van der Waals surface area contributed by atoms with Gasteiger partial charge in [-0.15, -0.1) is 0 Å². The Bertz CT molecular complexity index is 854. The van der Waals surface area contributed by atoms with Crippen molar-refractivity contribution in [3.8, 4) is 11.5 Å². The zero-order valence-electron chi connectivity index (χ0n) is 18.5. The summed E-state index contributed by atoms with van der Waals surface area (Å²) < 4.78 is 10.5. The van der Waals surface area contributed by atoms with Crippen molar-refractivity contribution in [2.75, 3.05) is 27.3 Å². The number of carbonyl (C=O) groups is 2. The lowest BCUT2D eigenvalue weighted by Gasteiger charge is -2.19.